The van der Waals surface area contributed by atoms with Gasteiger partial charge < -0.3 is 45.4 Å². The smallest absolute Gasteiger partial charge is 0.259 e. The molecule has 6 unspecified atom stereocenters. The van der Waals surface area contributed by atoms with Gasteiger partial charge in [-0.3, -0.25) is 9.59 Å². The maximum atomic E-state index is 14.9. The highest BCUT2D eigenvalue weighted by atomic mass is 19.1. The van der Waals surface area contributed by atoms with Crippen LogP contribution in [0.15, 0.2) is 109 Å². The first-order valence-corrected chi connectivity index (χ1v) is 23.1. The van der Waals surface area contributed by atoms with Crippen LogP contribution in [0, 0.1) is 0 Å². The van der Waals surface area contributed by atoms with Crippen molar-refractivity contribution in [1.82, 2.24) is 10.6 Å². The largest absolute Gasteiger partial charge is 0.462 e. The van der Waals surface area contributed by atoms with Gasteiger partial charge >= 0.3 is 0 Å². The van der Waals surface area contributed by atoms with Gasteiger partial charge in [0.1, 0.15) is 37.2 Å². The number of amides is 2. The summed E-state index contributed by atoms with van der Waals surface area (Å²) in [5.41, 5.74) is 7.60. The van der Waals surface area contributed by atoms with Crippen LogP contribution in [0.25, 0.3) is 0 Å². The van der Waals surface area contributed by atoms with Crippen LogP contribution in [0.2, 0.25) is 0 Å². The van der Waals surface area contributed by atoms with Gasteiger partial charge in [0.05, 0.1) is 12.0 Å². The molecule has 0 aliphatic carbocycles. The second-order valence-corrected chi connectivity index (χ2v) is 18.3. The molecule has 1 saturated heterocycles. The summed E-state index contributed by atoms with van der Waals surface area (Å²) >= 11 is 0. The molecule has 1 fully saturated rings. The summed E-state index contributed by atoms with van der Waals surface area (Å²) in [6, 6.07) is 22.8. The summed E-state index contributed by atoms with van der Waals surface area (Å²) in [5.74, 6) is -0.532. The normalized spacial score (nSPS) is 23.3. The zero-order chi connectivity index (χ0) is 46.7. The van der Waals surface area contributed by atoms with E-state index in [4.69, 9.17) is 9.47 Å². The van der Waals surface area contributed by atoms with Crippen molar-refractivity contribution in [2.75, 3.05) is 38.2 Å². The Bertz CT molecular complexity index is 2220. The third kappa shape index (κ3) is 11.6. The topological polar surface area (TPSA) is 164 Å². The minimum atomic E-state index is -1.90. The molecule has 3 aliphatic rings. The molecule has 3 heterocycles. The molecule has 3 aromatic rings. The fourth-order valence-corrected chi connectivity index (χ4v) is 9.16. The van der Waals surface area contributed by atoms with Crippen molar-refractivity contribution in [2.24, 2.45) is 0 Å². The number of rotatable bonds is 21. The Morgan fingerprint density at radius 2 is 1.46 bits per heavy atom. The summed E-state index contributed by atoms with van der Waals surface area (Å²) in [7, 11) is 2.14. The van der Waals surface area contributed by atoms with Gasteiger partial charge in [0.2, 0.25) is 24.1 Å². The fourth-order valence-electron chi connectivity index (χ4n) is 9.16. The van der Waals surface area contributed by atoms with E-state index in [0.717, 1.165) is 45.1 Å². The Labute approximate surface area is 383 Å². The molecule has 2 amide bonds. The van der Waals surface area contributed by atoms with Crippen molar-refractivity contribution in [1.29, 1.82) is 0 Å². The minimum absolute atomic E-state index is 0.0559. The maximum Gasteiger partial charge on any atom is 0.259 e. The number of alkyl halides is 1. The zero-order valence-corrected chi connectivity index (χ0v) is 38.5. The van der Waals surface area contributed by atoms with Crippen molar-refractivity contribution in [3.8, 4) is 5.75 Å². The Balaban J connectivity index is 0.846. The van der Waals surface area contributed by atoms with Gasteiger partial charge in [-0.2, -0.15) is 4.58 Å². The molecular formula is C52H68FN4O8+. The van der Waals surface area contributed by atoms with E-state index in [1.165, 1.54) is 58.2 Å². The van der Waals surface area contributed by atoms with Crippen molar-refractivity contribution >= 4 is 28.9 Å². The van der Waals surface area contributed by atoms with E-state index >= 15 is 0 Å². The predicted molar refractivity (Wildman–Crippen MR) is 251 cm³/mol. The van der Waals surface area contributed by atoms with Crippen molar-refractivity contribution in [3.63, 3.8) is 0 Å². The summed E-state index contributed by atoms with van der Waals surface area (Å²) in [6.45, 7) is 10.3. The molecule has 65 heavy (non-hydrogen) atoms. The quantitative estimate of drug-likeness (QED) is 0.0387. The molecule has 13 heteroatoms. The standard InChI is InChI=1S/C52H67FN4O8/c1-51(2)37-20-13-15-22-39(37)56(5)42(51)24-10-8-11-25-43-52(3,4)38-21-14-16-23-40(38)57(43)33-19-9-12-26-44(59)54-31-17-6-7-18-32-55-49(63)45(53)35-27-29-36(30-28-35)64-50-48(62)47(61)46(60)41(34-58)65-50/h8,10-11,13-16,20-25,27-30,41,45-48,50,58,60-62H,6-7,9,12,17-19,26,31-34H2,1-5H3,(H-,54,55,59,63)/p+1. The van der Waals surface area contributed by atoms with Gasteiger partial charge in [-0.1, -0.05) is 99.9 Å². The molecule has 6 rings (SSSR count). The summed E-state index contributed by atoms with van der Waals surface area (Å²) in [4.78, 5) is 27.5. The highest BCUT2D eigenvalue weighted by Crippen LogP contribution is 2.47. The van der Waals surface area contributed by atoms with Gasteiger partial charge in [0.15, 0.2) is 5.71 Å². The van der Waals surface area contributed by atoms with Gasteiger partial charge in [0.25, 0.3) is 5.91 Å². The third-order valence-corrected chi connectivity index (χ3v) is 13.0. The number of nitrogens with zero attached hydrogens (tertiary/aromatic N) is 2. The van der Waals surface area contributed by atoms with Crippen LogP contribution in [-0.2, 0) is 25.2 Å². The number of carbonyl (C=O) groups excluding carboxylic acids is 2. The molecule has 0 bridgehead atoms. The summed E-state index contributed by atoms with van der Waals surface area (Å²) < 4.78 is 28.1. The zero-order valence-electron chi connectivity index (χ0n) is 38.5. The number of nitrogens with one attached hydrogen (secondary N) is 2. The molecule has 0 radical (unpaired) electrons. The average molecular weight is 896 g/mol. The van der Waals surface area contributed by atoms with Crippen LogP contribution < -0.4 is 20.3 Å². The summed E-state index contributed by atoms with van der Waals surface area (Å²) in [5, 5.41) is 45.1. The average Bonchev–Trinajstić information content (AvgIpc) is 3.63. The molecule has 6 N–H and O–H groups in total. The van der Waals surface area contributed by atoms with E-state index in [1.807, 2.05) is 0 Å². The van der Waals surface area contributed by atoms with Gasteiger partial charge in [0, 0.05) is 60.6 Å². The van der Waals surface area contributed by atoms with Crippen molar-refractivity contribution in [2.45, 2.75) is 127 Å². The first-order chi connectivity index (χ1) is 31.2. The molecule has 0 aromatic heterocycles. The predicted octanol–water partition coefficient (Wildman–Crippen LogP) is 6.73. The molecule has 0 spiro atoms. The SMILES string of the molecule is C[N+]1=C(C=CC=CC=C2N(CCCCCC(=O)NCCCCCCNC(=O)C(F)c3ccc(OC4OC(CO)C(O)C(O)C4O)cc3)c3ccccc3C2(C)C)C(C)(C)c2ccccc21. The number of hydrogen-bond donors (Lipinski definition) is 6. The van der Waals surface area contributed by atoms with E-state index in [1.54, 1.807) is 0 Å². The fraction of sp³-hybridized carbons (Fsp3) is 0.481. The molecule has 350 valence electrons. The number of para-hydroxylation sites is 2. The van der Waals surface area contributed by atoms with Crippen molar-refractivity contribution < 1.29 is 48.5 Å². The van der Waals surface area contributed by atoms with Gasteiger partial charge in [-0.25, -0.2) is 4.39 Å². The lowest BCUT2D eigenvalue weighted by molar-refractivity contribution is -0.401. The maximum absolute atomic E-state index is 14.9. The third-order valence-electron chi connectivity index (χ3n) is 13.0. The number of anilines is 1. The van der Waals surface area contributed by atoms with Gasteiger partial charge in [-0.15, -0.1) is 0 Å². The van der Waals surface area contributed by atoms with Crippen LogP contribution in [0.1, 0.15) is 102 Å². The number of benzene rings is 3. The van der Waals surface area contributed by atoms with E-state index in [-0.39, 0.29) is 28.1 Å². The molecule has 0 saturated carbocycles. The molecule has 6 atom stereocenters. The highest BCUT2D eigenvalue weighted by Gasteiger charge is 2.45. The van der Waals surface area contributed by atoms with E-state index in [2.05, 4.69) is 134 Å². The van der Waals surface area contributed by atoms with Crippen molar-refractivity contribution in [3.05, 3.63) is 126 Å². The highest BCUT2D eigenvalue weighted by molar-refractivity contribution is 6.03. The first kappa shape index (κ1) is 49.3. The number of unbranched alkanes of at least 4 members (excludes halogenated alkanes) is 5. The Morgan fingerprint density at radius 1 is 0.800 bits per heavy atom. The van der Waals surface area contributed by atoms with E-state index in [0.29, 0.717) is 25.9 Å². The van der Waals surface area contributed by atoms with Crippen LogP contribution >= 0.6 is 0 Å². The number of carbonyl (C=O) groups is 2. The molecule has 3 aromatic carbocycles. The number of allylic oxidation sites excluding steroid dienone is 6. The van der Waals surface area contributed by atoms with Crippen LogP contribution in [0.3, 0.4) is 0 Å². The first-order valence-electron chi connectivity index (χ1n) is 23.1. The molecule has 3 aliphatic heterocycles. The minimum Gasteiger partial charge on any atom is -0.462 e. The molecular weight excluding hydrogens is 828 g/mol. The Hall–Kier alpha value is -5.18. The number of fused-ring (bicyclic) bond motifs is 2. The van der Waals surface area contributed by atoms with Gasteiger partial charge in [-0.05, 0) is 74.9 Å². The van der Waals surface area contributed by atoms with Crippen LogP contribution in [-0.4, -0.2) is 107 Å². The lowest BCUT2D eigenvalue weighted by Crippen LogP contribution is -2.60. The van der Waals surface area contributed by atoms with E-state index in [9.17, 15) is 34.4 Å². The number of ether oxygens (including phenoxy) is 2. The number of aliphatic hydroxyl groups is 4. The monoisotopic (exact) mass is 896 g/mol. The van der Waals surface area contributed by atoms with Crippen LogP contribution in [0.4, 0.5) is 15.8 Å². The number of halogens is 1. The Morgan fingerprint density at radius 3 is 2.17 bits per heavy atom. The number of hydrogen-bond acceptors (Lipinski definition) is 9. The second kappa shape index (κ2) is 22.3. The Kier molecular flexibility index (Phi) is 16.9. The number of aliphatic hydroxyl groups excluding tert-OH is 4. The summed E-state index contributed by atoms with van der Waals surface area (Å²) in [6.07, 6.45) is 8.18. The van der Waals surface area contributed by atoms with Crippen LogP contribution in [0.5, 0.6) is 5.75 Å². The lowest BCUT2D eigenvalue weighted by Gasteiger charge is -2.39. The molecule has 12 nitrogen and oxygen atoms in total. The lowest BCUT2D eigenvalue weighted by atomic mass is 9.81. The second-order valence-electron chi connectivity index (χ2n) is 18.3. The van der Waals surface area contributed by atoms with E-state index < -0.39 is 49.4 Å².